The number of quaternary nitrogens is 1. The molecular weight excluding hydrogens is 439 g/mol. The Morgan fingerprint density at radius 2 is 1.29 bits per heavy atom. The van der Waals surface area contributed by atoms with Gasteiger partial charge in [0.15, 0.2) is 0 Å². The monoisotopic (exact) mass is 480 g/mol. The number of carbonyl (C=O) groups excluding carboxylic acids is 1. The summed E-state index contributed by atoms with van der Waals surface area (Å²) in [6.07, 6.45) is 3.15. The first-order valence-electron chi connectivity index (χ1n) is 10.8. The highest BCUT2D eigenvalue weighted by Gasteiger charge is 2.40. The largest absolute Gasteiger partial charge is 0.673 e. The number of rotatable bonds is 16. The highest BCUT2D eigenvalue weighted by atomic mass is 28.4. The molecule has 0 rings (SSSR count). The standard InChI is InChI=1S/C18H40N2O5Si.BF4/c1-7-13-23-26(24-14-8-2,25-15-9-3)17-10-11-19-18(21)22-16-12-20(4,5)6;2-1(3,4)5/h7-17H2,1-6H3;/q;-1/p+1. The van der Waals surface area contributed by atoms with Gasteiger partial charge in [0.1, 0.15) is 13.2 Å². The Hall–Kier alpha value is -0.888. The van der Waals surface area contributed by atoms with Crippen LogP contribution in [0.5, 0.6) is 0 Å². The summed E-state index contributed by atoms with van der Waals surface area (Å²) in [6.45, 7) is 9.86. The van der Waals surface area contributed by atoms with Crippen molar-refractivity contribution in [2.75, 3.05) is 60.7 Å². The Labute approximate surface area is 185 Å². The highest BCUT2D eigenvalue weighted by Crippen LogP contribution is 2.19. The summed E-state index contributed by atoms with van der Waals surface area (Å²) in [5, 5.41) is 2.80. The molecule has 0 aliphatic heterocycles. The van der Waals surface area contributed by atoms with Crippen LogP contribution >= 0.6 is 0 Å². The first kappa shape index (κ1) is 32.3. The van der Waals surface area contributed by atoms with Crippen LogP contribution in [0.2, 0.25) is 6.04 Å². The average molecular weight is 480 g/mol. The van der Waals surface area contributed by atoms with Gasteiger partial charge in [-0.3, -0.25) is 0 Å². The van der Waals surface area contributed by atoms with Gasteiger partial charge in [0.05, 0.1) is 21.1 Å². The lowest BCUT2D eigenvalue weighted by atomic mass is 10.3. The van der Waals surface area contributed by atoms with E-state index < -0.39 is 16.1 Å². The fourth-order valence-corrected chi connectivity index (χ4v) is 4.91. The summed E-state index contributed by atoms with van der Waals surface area (Å²) in [5.41, 5.74) is 0. The summed E-state index contributed by atoms with van der Waals surface area (Å²) in [5.74, 6) is 0. The predicted octanol–water partition coefficient (Wildman–Crippen LogP) is 4.33. The van der Waals surface area contributed by atoms with Crippen LogP contribution < -0.4 is 5.32 Å². The normalized spacial score (nSPS) is 12.2. The Morgan fingerprint density at radius 1 is 0.871 bits per heavy atom. The summed E-state index contributed by atoms with van der Waals surface area (Å²) in [7, 11) is -2.48. The van der Waals surface area contributed by atoms with Crippen LogP contribution in [0, 0.1) is 0 Å². The van der Waals surface area contributed by atoms with Gasteiger partial charge in [-0.25, -0.2) is 4.79 Å². The van der Waals surface area contributed by atoms with Gasteiger partial charge in [0.2, 0.25) is 0 Å². The van der Waals surface area contributed by atoms with E-state index >= 15 is 0 Å². The number of likely N-dealkylation sites (N-methyl/N-ethyl adjacent to an activating group) is 1. The number of nitrogens with zero attached hydrogens (tertiary/aromatic N) is 1. The van der Waals surface area contributed by atoms with Crippen LogP contribution in [0.4, 0.5) is 22.1 Å². The molecule has 0 heterocycles. The lowest BCUT2D eigenvalue weighted by Crippen LogP contribution is -2.47. The number of nitrogens with one attached hydrogen (secondary N) is 1. The van der Waals surface area contributed by atoms with Crippen LogP contribution in [-0.4, -0.2) is 87.3 Å². The van der Waals surface area contributed by atoms with Crippen LogP contribution in [-0.2, 0) is 18.0 Å². The van der Waals surface area contributed by atoms with Crippen LogP contribution in [0.3, 0.4) is 0 Å². The first-order chi connectivity index (χ1) is 14.3. The molecule has 0 bridgehead atoms. The van der Waals surface area contributed by atoms with E-state index in [1.807, 2.05) is 0 Å². The molecule has 0 unspecified atom stereocenters. The van der Waals surface area contributed by atoms with E-state index in [0.717, 1.165) is 36.7 Å². The smallest absolute Gasteiger partial charge is 0.444 e. The summed E-state index contributed by atoms with van der Waals surface area (Å²) < 4.78 is 63.1. The zero-order chi connectivity index (χ0) is 24.4. The summed E-state index contributed by atoms with van der Waals surface area (Å²) in [4.78, 5) is 11.7. The predicted molar refractivity (Wildman–Crippen MR) is 116 cm³/mol. The number of ether oxygens (including phenoxy) is 1. The van der Waals surface area contributed by atoms with Crippen molar-refractivity contribution in [1.29, 1.82) is 0 Å². The lowest BCUT2D eigenvalue weighted by molar-refractivity contribution is -0.870. The van der Waals surface area contributed by atoms with E-state index in [-0.39, 0.29) is 6.09 Å². The van der Waals surface area contributed by atoms with E-state index in [1.54, 1.807) is 0 Å². The minimum absolute atomic E-state index is 0.371. The minimum Gasteiger partial charge on any atom is -0.444 e. The zero-order valence-electron chi connectivity index (χ0n) is 19.9. The molecule has 0 saturated heterocycles. The van der Waals surface area contributed by atoms with Crippen molar-refractivity contribution >= 4 is 22.2 Å². The van der Waals surface area contributed by atoms with Crippen molar-refractivity contribution < 1.29 is 44.6 Å². The maximum absolute atomic E-state index is 11.7. The number of halogens is 4. The van der Waals surface area contributed by atoms with Crippen LogP contribution in [0.1, 0.15) is 46.5 Å². The molecule has 0 spiro atoms. The van der Waals surface area contributed by atoms with Crippen LogP contribution in [0.15, 0.2) is 0 Å². The minimum atomic E-state index is -6.00. The Bertz CT molecular complexity index is 430. The van der Waals surface area contributed by atoms with Crippen molar-refractivity contribution in [3.8, 4) is 0 Å². The Morgan fingerprint density at radius 3 is 1.65 bits per heavy atom. The molecule has 0 atom stereocenters. The van der Waals surface area contributed by atoms with Gasteiger partial charge in [-0.15, -0.1) is 0 Å². The van der Waals surface area contributed by atoms with Gasteiger partial charge >= 0.3 is 22.2 Å². The molecule has 1 N–H and O–H groups in total. The fourth-order valence-electron chi connectivity index (χ4n) is 2.07. The molecular formula is C18H41BF4N2O5Si. The van der Waals surface area contributed by atoms with E-state index in [1.165, 1.54) is 0 Å². The Kier molecular flexibility index (Phi) is 18.4. The van der Waals surface area contributed by atoms with Gasteiger partial charge in [-0.05, 0) is 25.7 Å². The molecule has 0 aliphatic carbocycles. The van der Waals surface area contributed by atoms with E-state index in [0.29, 0.717) is 39.0 Å². The quantitative estimate of drug-likeness (QED) is 0.154. The molecule has 7 nitrogen and oxygen atoms in total. The number of alkyl carbamates (subject to hydrolysis) is 1. The van der Waals surface area contributed by atoms with Gasteiger partial charge < -0.3 is 45.1 Å². The number of hydrogen-bond acceptors (Lipinski definition) is 5. The lowest BCUT2D eigenvalue weighted by Gasteiger charge is -2.29. The first-order valence-corrected chi connectivity index (χ1v) is 12.7. The number of carbonyl (C=O) groups is 1. The van der Waals surface area contributed by atoms with Crippen molar-refractivity contribution in [1.82, 2.24) is 5.32 Å². The molecule has 0 aromatic carbocycles. The molecule has 31 heavy (non-hydrogen) atoms. The third-order valence-electron chi connectivity index (χ3n) is 3.50. The number of amides is 1. The van der Waals surface area contributed by atoms with Gasteiger partial charge in [0, 0.05) is 32.4 Å². The van der Waals surface area contributed by atoms with Crippen molar-refractivity contribution in [2.45, 2.75) is 52.5 Å². The molecule has 188 valence electrons. The molecule has 0 aromatic rings. The van der Waals surface area contributed by atoms with E-state index in [9.17, 15) is 22.1 Å². The third kappa shape index (κ3) is 25.2. The van der Waals surface area contributed by atoms with E-state index in [2.05, 4.69) is 47.2 Å². The average Bonchev–Trinajstić information content (AvgIpc) is 2.63. The SMILES string of the molecule is CCCO[Si](CCCNC(=O)OCC[N+](C)(C)C)(OCCC)OCCC.F[B-](F)(F)F. The fraction of sp³-hybridized carbons (Fsp3) is 0.944. The van der Waals surface area contributed by atoms with Crippen molar-refractivity contribution in [3.63, 3.8) is 0 Å². The molecule has 1 amide bonds. The molecule has 0 aliphatic rings. The Balaban J connectivity index is 0. The second kappa shape index (κ2) is 17.6. The van der Waals surface area contributed by atoms with Gasteiger partial charge in [-0.1, -0.05) is 20.8 Å². The molecule has 0 fully saturated rings. The molecule has 0 radical (unpaired) electrons. The summed E-state index contributed by atoms with van der Waals surface area (Å²) >= 11 is 0. The maximum atomic E-state index is 11.7. The van der Waals surface area contributed by atoms with E-state index in [4.69, 9.17) is 18.0 Å². The molecule has 0 saturated carbocycles. The highest BCUT2D eigenvalue weighted by molar-refractivity contribution is 6.60. The van der Waals surface area contributed by atoms with Crippen molar-refractivity contribution in [3.05, 3.63) is 0 Å². The van der Waals surface area contributed by atoms with Gasteiger partial charge in [-0.2, -0.15) is 0 Å². The topological polar surface area (TPSA) is 66.0 Å². The molecule has 13 heteroatoms. The van der Waals surface area contributed by atoms with Gasteiger partial charge in [0.25, 0.3) is 0 Å². The number of hydrogen-bond donors (Lipinski definition) is 1. The summed E-state index contributed by atoms with van der Waals surface area (Å²) in [6, 6.07) is 0.701. The van der Waals surface area contributed by atoms with Crippen LogP contribution in [0.25, 0.3) is 0 Å². The zero-order valence-corrected chi connectivity index (χ0v) is 20.9. The second-order valence-corrected chi connectivity index (χ2v) is 10.6. The third-order valence-corrected chi connectivity index (χ3v) is 6.40. The second-order valence-electron chi connectivity index (χ2n) is 7.90. The molecule has 0 aromatic heterocycles. The van der Waals surface area contributed by atoms with Crippen molar-refractivity contribution in [2.24, 2.45) is 0 Å². The maximum Gasteiger partial charge on any atom is 0.673 e.